The Morgan fingerprint density at radius 1 is 1.12 bits per heavy atom. The Morgan fingerprint density at radius 3 is 2.57 bits per heavy atom. The molecule has 0 aliphatic heterocycles. The Kier molecular flexibility index (Phi) is 8.92. The van der Waals surface area contributed by atoms with Crippen LogP contribution >= 0.6 is 12.2 Å². The summed E-state index contributed by atoms with van der Waals surface area (Å²) in [5, 5.41) is 14.5. The minimum absolute atomic E-state index is 0.116. The number of H-pyrrole nitrogens is 1. The third kappa shape index (κ3) is 6.03. The van der Waals surface area contributed by atoms with Crippen molar-refractivity contribution in [3.8, 4) is 22.5 Å². The SMILES string of the molecule is CCCCc1nc(C)n(CC2=C(C(=O)OC)C=CCC2=S)c(=O)c1Cc1ccc(-c2ccccc2-c2nn[nH]n2)cc1. The van der Waals surface area contributed by atoms with Gasteiger partial charge in [0.2, 0.25) is 5.82 Å². The summed E-state index contributed by atoms with van der Waals surface area (Å²) >= 11 is 5.60. The third-order valence-electron chi connectivity index (χ3n) is 7.44. The van der Waals surface area contributed by atoms with Crippen LogP contribution in [0.4, 0.5) is 0 Å². The number of allylic oxidation sites excluding steroid dienone is 2. The number of benzene rings is 2. The highest BCUT2D eigenvalue weighted by molar-refractivity contribution is 7.80. The molecule has 5 rings (SSSR count). The number of hydrogen-bond acceptors (Lipinski definition) is 8. The fourth-order valence-electron chi connectivity index (χ4n) is 5.17. The summed E-state index contributed by atoms with van der Waals surface area (Å²) in [4.78, 5) is 32.1. The minimum Gasteiger partial charge on any atom is -0.465 e. The van der Waals surface area contributed by atoms with Crippen molar-refractivity contribution in [3.05, 3.63) is 105 Å². The number of aromatic nitrogens is 6. The van der Waals surface area contributed by atoms with E-state index in [1.165, 1.54) is 7.11 Å². The topological polar surface area (TPSA) is 116 Å². The van der Waals surface area contributed by atoms with Gasteiger partial charge in [-0.15, -0.1) is 10.2 Å². The molecule has 1 N–H and O–H groups in total. The molecule has 0 fully saturated rings. The van der Waals surface area contributed by atoms with Crippen LogP contribution in [-0.4, -0.2) is 48.1 Å². The van der Waals surface area contributed by atoms with Gasteiger partial charge in [0.1, 0.15) is 5.82 Å². The molecule has 0 atom stereocenters. The van der Waals surface area contributed by atoms with E-state index < -0.39 is 5.97 Å². The number of unbranched alkanes of at least 4 members (excludes halogenated alkanes) is 1. The smallest absolute Gasteiger partial charge is 0.338 e. The molecule has 42 heavy (non-hydrogen) atoms. The number of tetrazole rings is 1. The number of thiocarbonyl (C=S) groups is 1. The van der Waals surface area contributed by atoms with Crippen molar-refractivity contribution in [1.29, 1.82) is 0 Å². The number of carbonyl (C=O) groups is 1. The molecule has 10 heteroatoms. The molecule has 0 bridgehead atoms. The second-order valence-corrected chi connectivity index (χ2v) is 10.6. The van der Waals surface area contributed by atoms with Crippen LogP contribution in [-0.2, 0) is 28.9 Å². The van der Waals surface area contributed by atoms with Crippen LogP contribution < -0.4 is 5.56 Å². The van der Waals surface area contributed by atoms with Gasteiger partial charge >= 0.3 is 5.97 Å². The Labute approximate surface area is 249 Å². The molecule has 0 saturated carbocycles. The first-order chi connectivity index (χ1) is 20.4. The zero-order valence-electron chi connectivity index (χ0n) is 23.9. The molecule has 2 aromatic heterocycles. The Hall–Kier alpha value is -4.57. The van der Waals surface area contributed by atoms with Gasteiger partial charge in [0, 0.05) is 34.4 Å². The molecular formula is C32H32N6O3S. The summed E-state index contributed by atoms with van der Waals surface area (Å²) in [6, 6.07) is 16.1. The van der Waals surface area contributed by atoms with E-state index in [1.54, 1.807) is 10.6 Å². The van der Waals surface area contributed by atoms with E-state index in [4.69, 9.17) is 21.9 Å². The molecule has 0 spiro atoms. The average molecular weight is 581 g/mol. The molecule has 2 heterocycles. The van der Waals surface area contributed by atoms with E-state index in [0.29, 0.717) is 46.1 Å². The van der Waals surface area contributed by atoms with Gasteiger partial charge in [0.15, 0.2) is 0 Å². The largest absolute Gasteiger partial charge is 0.465 e. The van der Waals surface area contributed by atoms with E-state index in [2.05, 4.69) is 27.5 Å². The van der Waals surface area contributed by atoms with Crippen molar-refractivity contribution >= 4 is 23.1 Å². The predicted molar refractivity (Wildman–Crippen MR) is 165 cm³/mol. The molecular weight excluding hydrogens is 548 g/mol. The fraction of sp³-hybridized carbons (Fsp3) is 0.281. The average Bonchev–Trinajstić information content (AvgIpc) is 3.55. The van der Waals surface area contributed by atoms with E-state index in [9.17, 15) is 9.59 Å². The first-order valence-electron chi connectivity index (χ1n) is 13.9. The van der Waals surface area contributed by atoms with Gasteiger partial charge in [0.25, 0.3) is 5.56 Å². The van der Waals surface area contributed by atoms with Gasteiger partial charge in [-0.1, -0.05) is 86.2 Å². The Bertz CT molecular complexity index is 1740. The number of hydrogen-bond donors (Lipinski definition) is 1. The maximum atomic E-state index is 14.1. The zero-order chi connectivity index (χ0) is 29.6. The summed E-state index contributed by atoms with van der Waals surface area (Å²) in [7, 11) is 1.34. The van der Waals surface area contributed by atoms with Crippen molar-refractivity contribution in [2.24, 2.45) is 0 Å². The molecule has 1 aliphatic carbocycles. The fourth-order valence-corrected chi connectivity index (χ4v) is 5.44. The van der Waals surface area contributed by atoms with Crippen LogP contribution in [0, 0.1) is 6.92 Å². The monoisotopic (exact) mass is 580 g/mol. The van der Waals surface area contributed by atoms with Gasteiger partial charge < -0.3 is 4.74 Å². The van der Waals surface area contributed by atoms with Crippen LogP contribution in [0.15, 0.2) is 76.6 Å². The van der Waals surface area contributed by atoms with Crippen molar-refractivity contribution in [2.45, 2.75) is 52.5 Å². The van der Waals surface area contributed by atoms with Crippen molar-refractivity contribution in [1.82, 2.24) is 30.2 Å². The molecule has 0 amide bonds. The minimum atomic E-state index is -0.470. The predicted octanol–water partition coefficient (Wildman–Crippen LogP) is 5.13. The number of aryl methyl sites for hydroxylation is 2. The number of methoxy groups -OCH3 is 1. The molecule has 0 radical (unpaired) electrons. The maximum absolute atomic E-state index is 14.1. The number of rotatable bonds is 10. The highest BCUT2D eigenvalue weighted by Crippen LogP contribution is 2.30. The maximum Gasteiger partial charge on any atom is 0.338 e. The normalized spacial score (nSPS) is 13.1. The lowest BCUT2D eigenvalue weighted by Crippen LogP contribution is -2.32. The Morgan fingerprint density at radius 2 is 1.88 bits per heavy atom. The van der Waals surface area contributed by atoms with E-state index in [1.807, 2.05) is 61.5 Å². The van der Waals surface area contributed by atoms with E-state index >= 15 is 0 Å². The molecule has 214 valence electrons. The van der Waals surface area contributed by atoms with E-state index in [0.717, 1.165) is 47.2 Å². The summed E-state index contributed by atoms with van der Waals surface area (Å²) < 4.78 is 6.61. The zero-order valence-corrected chi connectivity index (χ0v) is 24.7. The van der Waals surface area contributed by atoms with Gasteiger partial charge in [-0.05, 0) is 41.7 Å². The molecule has 0 unspecified atom stereocenters. The molecule has 0 saturated heterocycles. The van der Waals surface area contributed by atoms with Gasteiger partial charge in [-0.25, -0.2) is 9.78 Å². The molecule has 4 aromatic rings. The number of aromatic amines is 1. The van der Waals surface area contributed by atoms with Crippen LogP contribution in [0.2, 0.25) is 0 Å². The van der Waals surface area contributed by atoms with Crippen molar-refractivity contribution in [3.63, 3.8) is 0 Å². The summed E-state index contributed by atoms with van der Waals surface area (Å²) in [6.07, 6.45) is 7.18. The van der Waals surface area contributed by atoms with Crippen molar-refractivity contribution in [2.75, 3.05) is 7.11 Å². The van der Waals surface area contributed by atoms with Crippen LogP contribution in [0.25, 0.3) is 22.5 Å². The standard InChI is InChI=1S/C32H32N6O3S/c1-4-5-12-28-26(31(39)38(20(2)33-28)19-27-25(32(40)41-3)11-8-13-29(27)42)18-21-14-16-22(17-15-21)23-9-6-7-10-24(23)30-34-36-37-35-30/h6-11,14-17H,4-5,12-13,18-19H2,1-3H3,(H,34,35,36,37). The highest BCUT2D eigenvalue weighted by Gasteiger charge is 2.23. The number of esters is 1. The van der Waals surface area contributed by atoms with Gasteiger partial charge in [-0.2, -0.15) is 5.21 Å². The second kappa shape index (κ2) is 12.9. The van der Waals surface area contributed by atoms with E-state index in [-0.39, 0.29) is 12.1 Å². The van der Waals surface area contributed by atoms with Gasteiger partial charge in [0.05, 0.1) is 24.9 Å². The number of nitrogens with zero attached hydrogens (tertiary/aromatic N) is 5. The number of ether oxygens (including phenoxy) is 1. The molecule has 2 aromatic carbocycles. The summed E-state index contributed by atoms with van der Waals surface area (Å²) in [6.45, 7) is 4.12. The lowest BCUT2D eigenvalue weighted by atomic mass is 9.95. The summed E-state index contributed by atoms with van der Waals surface area (Å²) in [5.74, 6) is 0.653. The van der Waals surface area contributed by atoms with Gasteiger partial charge in [-0.3, -0.25) is 9.36 Å². The third-order valence-corrected chi connectivity index (χ3v) is 7.85. The first kappa shape index (κ1) is 28.9. The van der Waals surface area contributed by atoms with Crippen molar-refractivity contribution < 1.29 is 9.53 Å². The quantitative estimate of drug-likeness (QED) is 0.203. The molecule has 9 nitrogen and oxygen atoms in total. The van der Waals surface area contributed by atoms with Crippen LogP contribution in [0.3, 0.4) is 0 Å². The highest BCUT2D eigenvalue weighted by atomic mass is 32.1. The van der Waals surface area contributed by atoms with Crippen LogP contribution in [0.1, 0.15) is 48.8 Å². The summed E-state index contributed by atoms with van der Waals surface area (Å²) in [5.41, 5.74) is 6.23. The second-order valence-electron chi connectivity index (χ2n) is 10.1. The number of nitrogens with one attached hydrogen (secondary N) is 1. The number of carbonyl (C=O) groups excluding carboxylic acids is 1. The first-order valence-corrected chi connectivity index (χ1v) is 14.3. The molecule has 1 aliphatic rings. The Balaban J connectivity index is 1.51. The lowest BCUT2D eigenvalue weighted by molar-refractivity contribution is -0.135. The van der Waals surface area contributed by atoms with Crippen LogP contribution in [0.5, 0.6) is 0 Å². The lowest BCUT2D eigenvalue weighted by Gasteiger charge is -2.20.